The van der Waals surface area contributed by atoms with Crippen LogP contribution in [0.15, 0.2) is 41.0 Å². The Hall–Kier alpha value is -1.82. The van der Waals surface area contributed by atoms with Crippen LogP contribution in [-0.2, 0) is 9.53 Å². The van der Waals surface area contributed by atoms with Crippen LogP contribution in [0.4, 0.5) is 4.79 Å². The minimum Gasteiger partial charge on any atom is -0.468 e. The molecule has 2 N–H and O–H groups in total. The van der Waals surface area contributed by atoms with Crippen molar-refractivity contribution in [3.8, 4) is 0 Å². The summed E-state index contributed by atoms with van der Waals surface area (Å²) in [6.07, 6.45) is 0. The predicted octanol–water partition coefficient (Wildman–Crippen LogP) is 2.11. The number of nitrogens with one attached hydrogen (secondary N) is 2. The third-order valence-corrected chi connectivity index (χ3v) is 3.48. The maximum absolute atomic E-state index is 11.9. The Morgan fingerprint density at radius 1 is 1.37 bits per heavy atom. The minimum atomic E-state index is -0.649. The molecule has 1 aliphatic heterocycles. The van der Waals surface area contributed by atoms with Gasteiger partial charge in [0, 0.05) is 10.2 Å². The molecule has 6 heteroatoms. The van der Waals surface area contributed by atoms with E-state index in [0.29, 0.717) is 5.70 Å². The SMILES string of the molecule is C=C1NC(=O)NC(c2ccc(Br)cc2)C1C(=O)OC. The normalized spacial score (nSPS) is 22.4. The van der Waals surface area contributed by atoms with Crippen molar-refractivity contribution in [1.82, 2.24) is 10.6 Å². The highest BCUT2D eigenvalue weighted by Crippen LogP contribution is 2.30. The zero-order valence-electron chi connectivity index (χ0n) is 10.3. The van der Waals surface area contributed by atoms with Gasteiger partial charge in [0.2, 0.25) is 0 Å². The van der Waals surface area contributed by atoms with Gasteiger partial charge in [-0.1, -0.05) is 34.6 Å². The lowest BCUT2D eigenvalue weighted by Crippen LogP contribution is -2.50. The van der Waals surface area contributed by atoms with Crippen LogP contribution in [0.5, 0.6) is 0 Å². The van der Waals surface area contributed by atoms with E-state index in [1.54, 1.807) is 0 Å². The maximum atomic E-state index is 11.9. The van der Waals surface area contributed by atoms with Crippen molar-refractivity contribution < 1.29 is 14.3 Å². The molecule has 1 aromatic carbocycles. The summed E-state index contributed by atoms with van der Waals surface area (Å²) in [7, 11) is 1.31. The number of esters is 1. The molecule has 1 fully saturated rings. The summed E-state index contributed by atoms with van der Waals surface area (Å²) in [6.45, 7) is 3.73. The molecule has 0 spiro atoms. The van der Waals surface area contributed by atoms with Gasteiger partial charge in [0.1, 0.15) is 5.92 Å². The monoisotopic (exact) mass is 324 g/mol. The van der Waals surface area contributed by atoms with Crippen molar-refractivity contribution >= 4 is 27.9 Å². The average Bonchev–Trinajstić information content (AvgIpc) is 2.38. The van der Waals surface area contributed by atoms with Gasteiger partial charge in [0.15, 0.2) is 0 Å². The van der Waals surface area contributed by atoms with Crippen molar-refractivity contribution in [2.75, 3.05) is 7.11 Å². The number of hydrogen-bond donors (Lipinski definition) is 2. The number of hydrogen-bond acceptors (Lipinski definition) is 3. The first-order valence-electron chi connectivity index (χ1n) is 5.62. The molecule has 0 aliphatic carbocycles. The Balaban J connectivity index is 2.37. The molecule has 2 rings (SSSR count). The number of urea groups is 1. The Labute approximate surface area is 119 Å². The molecule has 0 bridgehead atoms. The predicted molar refractivity (Wildman–Crippen MR) is 73.2 cm³/mol. The Kier molecular flexibility index (Phi) is 3.90. The van der Waals surface area contributed by atoms with E-state index in [0.717, 1.165) is 10.0 Å². The molecule has 1 aliphatic rings. The fraction of sp³-hybridized carbons (Fsp3) is 0.231. The van der Waals surface area contributed by atoms with Gasteiger partial charge < -0.3 is 15.4 Å². The first-order chi connectivity index (χ1) is 9.02. The summed E-state index contributed by atoms with van der Waals surface area (Å²) in [5.74, 6) is -1.09. The number of carbonyl (C=O) groups excluding carboxylic acids is 2. The van der Waals surface area contributed by atoms with Crippen LogP contribution in [0.1, 0.15) is 11.6 Å². The summed E-state index contributed by atoms with van der Waals surface area (Å²) < 4.78 is 5.69. The lowest BCUT2D eigenvalue weighted by atomic mass is 9.89. The van der Waals surface area contributed by atoms with Gasteiger partial charge >= 0.3 is 12.0 Å². The number of carbonyl (C=O) groups is 2. The van der Waals surface area contributed by atoms with Gasteiger partial charge in [-0.05, 0) is 17.7 Å². The highest BCUT2D eigenvalue weighted by atomic mass is 79.9. The third kappa shape index (κ3) is 2.78. The largest absolute Gasteiger partial charge is 0.468 e. The molecule has 0 saturated carbocycles. The van der Waals surface area contributed by atoms with Gasteiger partial charge in [-0.15, -0.1) is 0 Å². The van der Waals surface area contributed by atoms with E-state index in [-0.39, 0.29) is 6.03 Å². The number of benzene rings is 1. The molecule has 0 aromatic heterocycles. The molecule has 1 aromatic rings. The van der Waals surface area contributed by atoms with Crippen LogP contribution in [0.3, 0.4) is 0 Å². The quantitative estimate of drug-likeness (QED) is 0.819. The minimum absolute atomic E-state index is 0.337. The number of amides is 2. The Morgan fingerprint density at radius 2 is 2.00 bits per heavy atom. The zero-order valence-corrected chi connectivity index (χ0v) is 11.9. The van der Waals surface area contributed by atoms with Crippen molar-refractivity contribution in [3.63, 3.8) is 0 Å². The fourth-order valence-electron chi connectivity index (χ4n) is 2.04. The van der Waals surface area contributed by atoms with Crippen molar-refractivity contribution in [1.29, 1.82) is 0 Å². The van der Waals surface area contributed by atoms with Crippen molar-refractivity contribution in [2.24, 2.45) is 5.92 Å². The van der Waals surface area contributed by atoms with Gasteiger partial charge in [-0.3, -0.25) is 4.79 Å². The van der Waals surface area contributed by atoms with Crippen LogP contribution in [0.25, 0.3) is 0 Å². The second-order valence-electron chi connectivity index (χ2n) is 4.15. The molecule has 1 heterocycles. The second-order valence-corrected chi connectivity index (χ2v) is 5.07. The molecule has 2 unspecified atom stereocenters. The number of methoxy groups -OCH3 is 1. The number of ether oxygens (including phenoxy) is 1. The zero-order chi connectivity index (χ0) is 14.0. The molecule has 5 nitrogen and oxygen atoms in total. The van der Waals surface area contributed by atoms with Crippen LogP contribution >= 0.6 is 15.9 Å². The molecule has 1 saturated heterocycles. The first kappa shape index (κ1) is 13.6. The van der Waals surface area contributed by atoms with E-state index in [1.165, 1.54) is 7.11 Å². The molecule has 2 atom stereocenters. The van der Waals surface area contributed by atoms with Crippen LogP contribution in [-0.4, -0.2) is 19.1 Å². The van der Waals surface area contributed by atoms with Crippen LogP contribution in [0.2, 0.25) is 0 Å². The fourth-order valence-corrected chi connectivity index (χ4v) is 2.30. The van der Waals surface area contributed by atoms with E-state index >= 15 is 0 Å². The van der Waals surface area contributed by atoms with E-state index in [1.807, 2.05) is 24.3 Å². The Morgan fingerprint density at radius 3 is 2.58 bits per heavy atom. The molecular formula is C13H13BrN2O3. The second kappa shape index (κ2) is 5.44. The highest BCUT2D eigenvalue weighted by molar-refractivity contribution is 9.10. The molecule has 19 heavy (non-hydrogen) atoms. The molecule has 100 valence electrons. The number of halogens is 1. The van der Waals surface area contributed by atoms with E-state index in [9.17, 15) is 9.59 Å². The summed E-state index contributed by atoms with van der Waals surface area (Å²) in [4.78, 5) is 23.4. The summed E-state index contributed by atoms with van der Waals surface area (Å²) in [6, 6.07) is 6.51. The van der Waals surface area contributed by atoms with Crippen LogP contribution in [0, 0.1) is 5.92 Å². The summed E-state index contributed by atoms with van der Waals surface area (Å²) in [5.41, 5.74) is 1.15. The summed E-state index contributed by atoms with van der Waals surface area (Å²) in [5, 5.41) is 5.22. The van der Waals surface area contributed by atoms with Gasteiger partial charge in [0.05, 0.1) is 13.2 Å². The maximum Gasteiger partial charge on any atom is 0.319 e. The van der Waals surface area contributed by atoms with E-state index in [2.05, 4.69) is 33.1 Å². The average molecular weight is 325 g/mol. The number of rotatable bonds is 2. The smallest absolute Gasteiger partial charge is 0.319 e. The highest BCUT2D eigenvalue weighted by Gasteiger charge is 2.38. The standard InChI is InChI=1S/C13H13BrN2O3/c1-7-10(12(17)19-2)11(16-13(18)15-7)8-3-5-9(14)6-4-8/h3-6,10-11H,1H2,2H3,(H2,15,16,18). The van der Waals surface area contributed by atoms with Gasteiger partial charge in [-0.2, -0.15) is 0 Å². The molecular weight excluding hydrogens is 312 g/mol. The van der Waals surface area contributed by atoms with E-state index < -0.39 is 17.9 Å². The third-order valence-electron chi connectivity index (χ3n) is 2.95. The van der Waals surface area contributed by atoms with Gasteiger partial charge in [0.25, 0.3) is 0 Å². The lowest BCUT2D eigenvalue weighted by Gasteiger charge is -2.32. The van der Waals surface area contributed by atoms with Crippen LogP contribution < -0.4 is 10.6 Å². The Bertz CT molecular complexity index is 527. The van der Waals surface area contributed by atoms with Crippen molar-refractivity contribution in [2.45, 2.75) is 6.04 Å². The van der Waals surface area contributed by atoms with Crippen molar-refractivity contribution in [3.05, 3.63) is 46.6 Å². The van der Waals surface area contributed by atoms with Gasteiger partial charge in [-0.25, -0.2) is 4.79 Å². The van der Waals surface area contributed by atoms with E-state index in [4.69, 9.17) is 4.74 Å². The first-order valence-corrected chi connectivity index (χ1v) is 6.42. The molecule has 2 amide bonds. The topological polar surface area (TPSA) is 67.4 Å². The molecule has 0 radical (unpaired) electrons. The lowest BCUT2D eigenvalue weighted by molar-refractivity contribution is -0.145. The summed E-state index contributed by atoms with van der Waals surface area (Å²) >= 11 is 3.34.